The largest absolute Gasteiger partial charge is 0.494 e. The summed E-state index contributed by atoms with van der Waals surface area (Å²) >= 11 is 0.873. The maximum Gasteiger partial charge on any atom is 0.442 e. The lowest BCUT2D eigenvalue weighted by molar-refractivity contribution is -0.203. The summed E-state index contributed by atoms with van der Waals surface area (Å²) in [4.78, 5) is 29.3. The molecule has 0 radical (unpaired) electrons. The fraction of sp³-hybridized carbons (Fsp3) is 0.286. The van der Waals surface area contributed by atoms with Crippen LogP contribution in [0.5, 0.6) is 5.75 Å². The summed E-state index contributed by atoms with van der Waals surface area (Å²) < 4.78 is 53.2. The number of aryl methyl sites for hydroxylation is 1. The molecule has 0 aliphatic heterocycles. The Morgan fingerprint density at radius 1 is 1.16 bits per heavy atom. The van der Waals surface area contributed by atoms with E-state index in [1.165, 1.54) is 12.1 Å². The lowest BCUT2D eigenvalue weighted by atomic mass is 10.1. The van der Waals surface area contributed by atoms with Crippen LogP contribution in [-0.4, -0.2) is 42.4 Å². The van der Waals surface area contributed by atoms with Crippen molar-refractivity contribution in [1.29, 1.82) is 0 Å². The molecule has 0 saturated heterocycles. The Hall–Kier alpha value is -3.34. The number of aromatic nitrogens is 1. The highest BCUT2D eigenvalue weighted by molar-refractivity contribution is 7.22. The van der Waals surface area contributed by atoms with Crippen LogP contribution in [0, 0.1) is 6.92 Å². The molecule has 3 aromatic rings. The second-order valence-electron chi connectivity index (χ2n) is 6.71. The highest BCUT2D eigenvalue weighted by Gasteiger charge is 2.64. The number of carbonyl (C=O) groups excluding carboxylic acids is 2. The number of methoxy groups -OCH3 is 1. The Labute approximate surface area is 185 Å². The van der Waals surface area contributed by atoms with Gasteiger partial charge in [-0.05, 0) is 43.7 Å². The van der Waals surface area contributed by atoms with Crippen molar-refractivity contribution in [3.05, 3.63) is 53.6 Å². The molecule has 170 valence electrons. The van der Waals surface area contributed by atoms with Gasteiger partial charge in [0.2, 0.25) is 0 Å². The van der Waals surface area contributed by atoms with Gasteiger partial charge < -0.3 is 20.1 Å². The van der Waals surface area contributed by atoms with E-state index in [-0.39, 0.29) is 10.7 Å². The summed E-state index contributed by atoms with van der Waals surface area (Å²) in [6, 6.07) is 10.9. The number of alkyl halides is 3. The first-order chi connectivity index (χ1) is 15.1. The molecule has 0 spiro atoms. The third-order valence-electron chi connectivity index (χ3n) is 4.57. The smallest absolute Gasteiger partial charge is 0.442 e. The summed E-state index contributed by atoms with van der Waals surface area (Å²) in [5.74, 6) is -2.31. The zero-order valence-corrected chi connectivity index (χ0v) is 18.2. The van der Waals surface area contributed by atoms with Crippen LogP contribution in [0.2, 0.25) is 0 Å². The SMILES string of the molecule is CCOc1ccc2nc(NC(NC(=O)c3ccccc3C)(C(=O)OC)C(F)(F)F)sc2c1. The maximum atomic E-state index is 14.3. The number of fused-ring (bicyclic) bond motifs is 1. The molecule has 1 unspecified atom stereocenters. The second-order valence-corrected chi connectivity index (χ2v) is 7.75. The molecule has 32 heavy (non-hydrogen) atoms. The summed E-state index contributed by atoms with van der Waals surface area (Å²) in [6.45, 7) is 3.79. The monoisotopic (exact) mass is 467 g/mol. The molecule has 11 heteroatoms. The van der Waals surface area contributed by atoms with E-state index in [0.717, 1.165) is 18.4 Å². The van der Waals surface area contributed by atoms with E-state index < -0.39 is 23.7 Å². The molecular formula is C21H20F3N3O4S. The van der Waals surface area contributed by atoms with Crippen LogP contribution in [0.3, 0.4) is 0 Å². The number of anilines is 1. The summed E-state index contributed by atoms with van der Waals surface area (Å²) in [5.41, 5.74) is -2.74. The van der Waals surface area contributed by atoms with Gasteiger partial charge in [0.1, 0.15) is 5.75 Å². The van der Waals surface area contributed by atoms with Gasteiger partial charge in [0, 0.05) is 5.56 Å². The van der Waals surface area contributed by atoms with Crippen LogP contribution in [-0.2, 0) is 9.53 Å². The first-order valence-corrected chi connectivity index (χ1v) is 10.3. The first-order valence-electron chi connectivity index (χ1n) is 9.46. The maximum absolute atomic E-state index is 14.3. The van der Waals surface area contributed by atoms with Crippen molar-refractivity contribution in [2.45, 2.75) is 25.7 Å². The lowest BCUT2D eigenvalue weighted by Crippen LogP contribution is -2.69. The molecular weight excluding hydrogens is 447 g/mol. The number of benzene rings is 2. The van der Waals surface area contributed by atoms with Gasteiger partial charge in [0.05, 0.1) is 23.9 Å². The number of carbonyl (C=O) groups is 2. The predicted molar refractivity (Wildman–Crippen MR) is 114 cm³/mol. The van der Waals surface area contributed by atoms with Crippen LogP contribution < -0.4 is 15.4 Å². The topological polar surface area (TPSA) is 89.5 Å². The van der Waals surface area contributed by atoms with Crippen molar-refractivity contribution >= 4 is 38.6 Å². The third kappa shape index (κ3) is 4.47. The minimum absolute atomic E-state index is 0.0162. The van der Waals surface area contributed by atoms with E-state index in [1.807, 2.05) is 0 Å². The Bertz CT molecular complexity index is 1150. The zero-order valence-electron chi connectivity index (χ0n) is 17.4. The number of nitrogens with zero attached hydrogens (tertiary/aromatic N) is 1. The molecule has 0 aliphatic rings. The molecule has 2 N–H and O–H groups in total. The van der Waals surface area contributed by atoms with Crippen molar-refractivity contribution in [3.63, 3.8) is 0 Å². The number of ether oxygens (including phenoxy) is 2. The van der Waals surface area contributed by atoms with Gasteiger partial charge in [-0.2, -0.15) is 13.2 Å². The highest BCUT2D eigenvalue weighted by Crippen LogP contribution is 2.36. The lowest BCUT2D eigenvalue weighted by Gasteiger charge is -2.34. The van der Waals surface area contributed by atoms with Crippen molar-refractivity contribution in [1.82, 2.24) is 10.3 Å². The first kappa shape index (κ1) is 23.3. The molecule has 7 nitrogen and oxygen atoms in total. The van der Waals surface area contributed by atoms with Crippen LogP contribution in [0.15, 0.2) is 42.5 Å². The molecule has 0 aliphatic carbocycles. The normalized spacial score (nSPS) is 13.3. The fourth-order valence-electron chi connectivity index (χ4n) is 2.98. The molecule has 1 aromatic heterocycles. The standard InChI is InChI=1S/C21H20F3N3O4S/c1-4-31-13-9-10-15-16(11-13)32-19(25-15)27-20(18(29)30-3,21(22,23)24)26-17(28)14-8-6-5-7-12(14)2/h5-11H,4H2,1-3H3,(H,25,27)(H,26,28). The van der Waals surface area contributed by atoms with E-state index in [2.05, 4.69) is 15.0 Å². The second kappa shape index (κ2) is 9.03. The molecule has 0 bridgehead atoms. The number of esters is 1. The number of halogens is 3. The zero-order chi connectivity index (χ0) is 23.5. The van der Waals surface area contributed by atoms with Gasteiger partial charge in [-0.15, -0.1) is 0 Å². The van der Waals surface area contributed by atoms with Crippen LogP contribution >= 0.6 is 11.3 Å². The van der Waals surface area contributed by atoms with Crippen LogP contribution in [0.4, 0.5) is 18.3 Å². The van der Waals surface area contributed by atoms with Gasteiger partial charge in [0.25, 0.3) is 5.91 Å². The van der Waals surface area contributed by atoms with E-state index >= 15 is 0 Å². The minimum atomic E-state index is -5.26. The number of amides is 1. The number of nitrogens with one attached hydrogen (secondary N) is 2. The van der Waals surface area contributed by atoms with E-state index in [9.17, 15) is 22.8 Å². The van der Waals surface area contributed by atoms with Gasteiger partial charge in [0.15, 0.2) is 5.13 Å². The summed E-state index contributed by atoms with van der Waals surface area (Å²) in [7, 11) is 0.803. The Kier molecular flexibility index (Phi) is 6.58. The summed E-state index contributed by atoms with van der Waals surface area (Å²) in [6.07, 6.45) is -5.26. The van der Waals surface area contributed by atoms with E-state index in [0.29, 0.717) is 28.1 Å². The van der Waals surface area contributed by atoms with Crippen molar-refractivity contribution in [2.24, 2.45) is 0 Å². The van der Waals surface area contributed by atoms with Crippen molar-refractivity contribution < 1.29 is 32.2 Å². The molecule has 0 saturated carbocycles. The van der Waals surface area contributed by atoms with Crippen LogP contribution in [0.25, 0.3) is 10.2 Å². The number of hydrogen-bond donors (Lipinski definition) is 2. The van der Waals surface area contributed by atoms with E-state index in [4.69, 9.17) is 4.74 Å². The third-order valence-corrected chi connectivity index (χ3v) is 5.51. The van der Waals surface area contributed by atoms with Gasteiger partial charge >= 0.3 is 17.8 Å². The van der Waals surface area contributed by atoms with Crippen molar-refractivity contribution in [3.8, 4) is 5.75 Å². The quantitative estimate of drug-likeness (QED) is 0.398. The Morgan fingerprint density at radius 3 is 2.50 bits per heavy atom. The highest BCUT2D eigenvalue weighted by atomic mass is 32.1. The molecule has 3 rings (SSSR count). The number of hydrogen-bond acceptors (Lipinski definition) is 7. The van der Waals surface area contributed by atoms with Gasteiger partial charge in [-0.1, -0.05) is 29.5 Å². The molecule has 0 fully saturated rings. The average Bonchev–Trinajstić information content (AvgIpc) is 3.13. The number of rotatable bonds is 7. The Balaban J connectivity index is 2.04. The molecule has 1 heterocycles. The van der Waals surface area contributed by atoms with Gasteiger partial charge in [-0.25, -0.2) is 9.78 Å². The van der Waals surface area contributed by atoms with Crippen molar-refractivity contribution in [2.75, 3.05) is 19.0 Å². The number of thiazole rings is 1. The Morgan fingerprint density at radius 2 is 1.88 bits per heavy atom. The summed E-state index contributed by atoms with van der Waals surface area (Å²) in [5, 5.41) is 3.64. The molecule has 1 amide bonds. The fourth-order valence-corrected chi connectivity index (χ4v) is 3.93. The van der Waals surface area contributed by atoms with E-state index in [1.54, 1.807) is 49.5 Å². The minimum Gasteiger partial charge on any atom is -0.494 e. The molecule has 1 atom stereocenters. The van der Waals surface area contributed by atoms with Crippen LogP contribution in [0.1, 0.15) is 22.8 Å². The average molecular weight is 467 g/mol. The van der Waals surface area contributed by atoms with Gasteiger partial charge in [-0.3, -0.25) is 4.79 Å². The predicted octanol–water partition coefficient (Wildman–Crippen LogP) is 4.28. The molecule has 2 aromatic carbocycles.